The molecule has 114 valence electrons. The third-order valence-corrected chi connectivity index (χ3v) is 3.83. The standard InChI is InChI=1S/C21H25N/c1-5-18-12-7-9-14-20(18)21(15-10-16-22(3)4)19-13-8-6-11-17(19)2/h5-9,11-15H,1,10,16H2,2-4H3/b21-15-. The van der Waals surface area contributed by atoms with Crippen molar-refractivity contribution < 1.29 is 0 Å². The van der Waals surface area contributed by atoms with E-state index < -0.39 is 0 Å². The van der Waals surface area contributed by atoms with E-state index in [1.807, 2.05) is 6.08 Å². The Morgan fingerprint density at radius 2 is 1.64 bits per heavy atom. The minimum atomic E-state index is 1.03. The van der Waals surface area contributed by atoms with Gasteiger partial charge in [-0.05, 0) is 55.3 Å². The molecule has 0 aliphatic heterocycles. The highest BCUT2D eigenvalue weighted by Crippen LogP contribution is 2.29. The van der Waals surface area contributed by atoms with E-state index in [1.54, 1.807) is 0 Å². The quantitative estimate of drug-likeness (QED) is 0.722. The molecular weight excluding hydrogens is 266 g/mol. The maximum absolute atomic E-state index is 3.96. The number of hydrogen-bond acceptors (Lipinski definition) is 1. The Labute approximate surface area is 134 Å². The van der Waals surface area contributed by atoms with Gasteiger partial charge in [0.2, 0.25) is 0 Å². The average molecular weight is 291 g/mol. The molecule has 0 spiro atoms. The number of benzene rings is 2. The van der Waals surface area contributed by atoms with Gasteiger partial charge in [-0.2, -0.15) is 0 Å². The maximum atomic E-state index is 3.96. The molecule has 2 aromatic carbocycles. The van der Waals surface area contributed by atoms with Crippen LogP contribution in [0.25, 0.3) is 11.6 Å². The van der Waals surface area contributed by atoms with Crippen molar-refractivity contribution in [2.45, 2.75) is 13.3 Å². The Hall–Kier alpha value is -2.12. The molecule has 2 rings (SSSR count). The fraction of sp³-hybridized carbons (Fsp3) is 0.238. The van der Waals surface area contributed by atoms with Crippen molar-refractivity contribution in [3.8, 4) is 0 Å². The topological polar surface area (TPSA) is 3.24 Å². The third-order valence-electron chi connectivity index (χ3n) is 3.83. The van der Waals surface area contributed by atoms with Gasteiger partial charge in [-0.15, -0.1) is 0 Å². The molecule has 0 radical (unpaired) electrons. The van der Waals surface area contributed by atoms with Gasteiger partial charge in [-0.3, -0.25) is 0 Å². The van der Waals surface area contributed by atoms with Gasteiger partial charge in [0, 0.05) is 6.54 Å². The minimum absolute atomic E-state index is 1.03. The lowest BCUT2D eigenvalue weighted by Crippen LogP contribution is -2.12. The summed E-state index contributed by atoms with van der Waals surface area (Å²) in [4.78, 5) is 2.21. The fourth-order valence-corrected chi connectivity index (χ4v) is 2.63. The summed E-state index contributed by atoms with van der Waals surface area (Å²) >= 11 is 0. The van der Waals surface area contributed by atoms with Crippen LogP contribution in [0.5, 0.6) is 0 Å². The van der Waals surface area contributed by atoms with Crippen LogP contribution in [0.2, 0.25) is 0 Å². The van der Waals surface area contributed by atoms with Crippen molar-refractivity contribution in [2.24, 2.45) is 0 Å². The second-order valence-electron chi connectivity index (χ2n) is 5.82. The van der Waals surface area contributed by atoms with Crippen LogP contribution in [0.15, 0.2) is 61.2 Å². The van der Waals surface area contributed by atoms with Crippen LogP contribution in [0.3, 0.4) is 0 Å². The Morgan fingerprint density at radius 3 is 2.27 bits per heavy atom. The summed E-state index contributed by atoms with van der Waals surface area (Å²) in [5.74, 6) is 0. The molecule has 0 aliphatic rings. The summed E-state index contributed by atoms with van der Waals surface area (Å²) in [7, 11) is 4.22. The van der Waals surface area contributed by atoms with E-state index in [9.17, 15) is 0 Å². The SMILES string of the molecule is C=Cc1ccccc1/C(=C\CCN(C)C)c1ccccc1C. The van der Waals surface area contributed by atoms with E-state index in [0.717, 1.165) is 13.0 Å². The van der Waals surface area contributed by atoms with E-state index in [1.165, 1.54) is 27.8 Å². The smallest absolute Gasteiger partial charge is 0.00101 e. The first-order chi connectivity index (χ1) is 10.6. The molecule has 0 heterocycles. The molecule has 0 atom stereocenters. The molecule has 0 fully saturated rings. The molecule has 0 amide bonds. The largest absolute Gasteiger partial charge is 0.309 e. The zero-order chi connectivity index (χ0) is 15.9. The summed E-state index contributed by atoms with van der Waals surface area (Å²) < 4.78 is 0. The van der Waals surface area contributed by atoms with Gasteiger partial charge in [-0.25, -0.2) is 0 Å². The van der Waals surface area contributed by atoms with Crippen LogP contribution < -0.4 is 0 Å². The zero-order valence-corrected chi connectivity index (χ0v) is 13.8. The molecule has 0 bridgehead atoms. The Balaban J connectivity index is 2.51. The van der Waals surface area contributed by atoms with Gasteiger partial charge < -0.3 is 4.90 Å². The number of hydrogen-bond donors (Lipinski definition) is 0. The lowest BCUT2D eigenvalue weighted by molar-refractivity contribution is 0.417. The molecule has 0 aliphatic carbocycles. The van der Waals surface area contributed by atoms with E-state index in [0.29, 0.717) is 0 Å². The molecular formula is C21H25N. The van der Waals surface area contributed by atoms with Gasteiger partial charge in [0.25, 0.3) is 0 Å². The molecule has 0 saturated heterocycles. The van der Waals surface area contributed by atoms with Crippen LogP contribution in [0.4, 0.5) is 0 Å². The van der Waals surface area contributed by atoms with Crippen molar-refractivity contribution in [1.29, 1.82) is 0 Å². The Morgan fingerprint density at radius 1 is 1.00 bits per heavy atom. The molecule has 2 aromatic rings. The number of rotatable bonds is 6. The summed E-state index contributed by atoms with van der Waals surface area (Å²) in [6.07, 6.45) is 5.32. The van der Waals surface area contributed by atoms with Gasteiger partial charge in [-0.1, -0.05) is 67.3 Å². The van der Waals surface area contributed by atoms with Crippen LogP contribution in [-0.2, 0) is 0 Å². The fourth-order valence-electron chi connectivity index (χ4n) is 2.63. The highest BCUT2D eigenvalue weighted by molar-refractivity contribution is 5.85. The lowest BCUT2D eigenvalue weighted by atomic mass is 9.90. The average Bonchev–Trinajstić information content (AvgIpc) is 2.52. The summed E-state index contributed by atoms with van der Waals surface area (Å²) in [5, 5.41) is 0. The van der Waals surface area contributed by atoms with Gasteiger partial charge in [0.1, 0.15) is 0 Å². The summed E-state index contributed by atoms with van der Waals surface area (Å²) in [6, 6.07) is 17.1. The highest BCUT2D eigenvalue weighted by Gasteiger charge is 2.10. The van der Waals surface area contributed by atoms with Crippen LogP contribution in [-0.4, -0.2) is 25.5 Å². The van der Waals surface area contributed by atoms with Crippen LogP contribution in [0.1, 0.15) is 28.7 Å². The van der Waals surface area contributed by atoms with E-state index in [4.69, 9.17) is 0 Å². The Bertz CT molecular complexity index is 665. The van der Waals surface area contributed by atoms with Crippen molar-refractivity contribution in [3.05, 3.63) is 83.4 Å². The summed E-state index contributed by atoms with van der Waals surface area (Å²) in [6.45, 7) is 7.18. The van der Waals surface area contributed by atoms with Gasteiger partial charge in [0.05, 0.1) is 0 Å². The van der Waals surface area contributed by atoms with E-state index >= 15 is 0 Å². The zero-order valence-electron chi connectivity index (χ0n) is 13.8. The van der Waals surface area contributed by atoms with Crippen LogP contribution >= 0.6 is 0 Å². The van der Waals surface area contributed by atoms with Crippen LogP contribution in [0, 0.1) is 6.92 Å². The van der Waals surface area contributed by atoms with E-state index in [-0.39, 0.29) is 0 Å². The molecule has 0 N–H and O–H groups in total. The highest BCUT2D eigenvalue weighted by atomic mass is 15.0. The van der Waals surface area contributed by atoms with Crippen molar-refractivity contribution in [1.82, 2.24) is 4.90 Å². The molecule has 1 nitrogen and oxygen atoms in total. The first-order valence-corrected chi connectivity index (χ1v) is 7.76. The predicted molar refractivity (Wildman–Crippen MR) is 98.0 cm³/mol. The predicted octanol–water partition coefficient (Wildman–Crippen LogP) is 5.02. The number of nitrogens with zero attached hydrogens (tertiary/aromatic N) is 1. The first-order valence-electron chi connectivity index (χ1n) is 7.76. The number of aryl methyl sites for hydroxylation is 1. The first kappa shape index (κ1) is 16.3. The van der Waals surface area contributed by atoms with Gasteiger partial charge >= 0.3 is 0 Å². The van der Waals surface area contributed by atoms with Crippen molar-refractivity contribution in [2.75, 3.05) is 20.6 Å². The Kier molecular flexibility index (Phi) is 5.74. The monoisotopic (exact) mass is 291 g/mol. The summed E-state index contributed by atoms with van der Waals surface area (Å²) in [5.41, 5.74) is 6.34. The van der Waals surface area contributed by atoms with Crippen molar-refractivity contribution in [3.63, 3.8) is 0 Å². The second kappa shape index (κ2) is 7.77. The van der Waals surface area contributed by atoms with E-state index in [2.05, 4.69) is 87.1 Å². The third kappa shape index (κ3) is 3.96. The molecule has 1 heteroatoms. The van der Waals surface area contributed by atoms with Crippen molar-refractivity contribution >= 4 is 11.6 Å². The minimum Gasteiger partial charge on any atom is -0.309 e. The lowest BCUT2D eigenvalue weighted by Gasteiger charge is -2.15. The second-order valence-corrected chi connectivity index (χ2v) is 5.82. The molecule has 0 unspecified atom stereocenters. The molecule has 22 heavy (non-hydrogen) atoms. The molecule has 0 saturated carbocycles. The van der Waals surface area contributed by atoms with Gasteiger partial charge in [0.15, 0.2) is 0 Å². The maximum Gasteiger partial charge on any atom is 0.00101 e. The normalized spacial score (nSPS) is 11.7. The molecule has 0 aromatic heterocycles.